The van der Waals surface area contributed by atoms with Crippen molar-refractivity contribution < 1.29 is 23.8 Å². The van der Waals surface area contributed by atoms with E-state index in [4.69, 9.17) is 14.2 Å². The van der Waals surface area contributed by atoms with Gasteiger partial charge in [0.25, 0.3) is 0 Å². The van der Waals surface area contributed by atoms with E-state index in [0.717, 1.165) is 11.3 Å². The van der Waals surface area contributed by atoms with Crippen LogP contribution in [0.2, 0.25) is 0 Å². The molecule has 174 valence electrons. The van der Waals surface area contributed by atoms with Gasteiger partial charge in [0, 0.05) is 23.0 Å². The molecular formula is C25H24N4O5. The predicted molar refractivity (Wildman–Crippen MR) is 125 cm³/mol. The number of fused-ring (bicyclic) bond motifs is 1. The summed E-state index contributed by atoms with van der Waals surface area (Å²) in [4.78, 5) is 32.9. The van der Waals surface area contributed by atoms with Gasteiger partial charge >= 0.3 is 6.09 Å². The van der Waals surface area contributed by atoms with Crippen LogP contribution in [-0.2, 0) is 14.2 Å². The first-order chi connectivity index (χ1) is 16.6. The first-order valence-electron chi connectivity index (χ1n) is 11.0. The first kappa shape index (κ1) is 22.0. The van der Waals surface area contributed by atoms with Crippen molar-refractivity contribution in [1.82, 2.24) is 9.97 Å². The summed E-state index contributed by atoms with van der Waals surface area (Å²) in [5.74, 6) is 0.395. The summed E-state index contributed by atoms with van der Waals surface area (Å²) in [7, 11) is 0. The fourth-order valence-corrected chi connectivity index (χ4v) is 4.15. The Hall–Kier alpha value is -3.82. The van der Waals surface area contributed by atoms with Crippen LogP contribution in [0.3, 0.4) is 0 Å². The largest absolute Gasteiger partial charge is 0.441 e. The second-order valence-corrected chi connectivity index (χ2v) is 8.18. The summed E-state index contributed by atoms with van der Waals surface area (Å²) in [6.07, 6.45) is -0.178. The highest BCUT2D eigenvalue weighted by molar-refractivity contribution is 5.96. The smallest absolute Gasteiger partial charge is 0.412 e. The summed E-state index contributed by atoms with van der Waals surface area (Å²) in [6.45, 7) is 2.06. The molecule has 9 heteroatoms. The highest BCUT2D eigenvalue weighted by Crippen LogP contribution is 2.31. The van der Waals surface area contributed by atoms with Gasteiger partial charge in [-0.1, -0.05) is 42.5 Å². The Labute approximate surface area is 196 Å². The van der Waals surface area contributed by atoms with Crippen molar-refractivity contribution in [3.8, 4) is 11.3 Å². The lowest BCUT2D eigenvalue weighted by molar-refractivity contribution is 0.00916. The number of Topliss-reactive ketones (excluding diaryl/α,β-unsaturated/α-hetero) is 1. The van der Waals surface area contributed by atoms with E-state index in [1.807, 2.05) is 36.4 Å². The normalized spacial score (nSPS) is 23.2. The number of hydrogen-bond donors (Lipinski definition) is 2. The summed E-state index contributed by atoms with van der Waals surface area (Å²) in [6, 6.07) is 18.2. The molecule has 0 bridgehead atoms. The summed E-state index contributed by atoms with van der Waals surface area (Å²) >= 11 is 0. The lowest BCUT2D eigenvalue weighted by Gasteiger charge is -2.18. The van der Waals surface area contributed by atoms with Crippen LogP contribution in [0.15, 0.2) is 66.9 Å². The summed E-state index contributed by atoms with van der Waals surface area (Å²) < 4.78 is 17.4. The van der Waals surface area contributed by atoms with E-state index in [9.17, 15) is 9.59 Å². The van der Waals surface area contributed by atoms with E-state index in [-0.39, 0.29) is 24.5 Å². The van der Waals surface area contributed by atoms with Crippen LogP contribution in [0, 0.1) is 0 Å². The number of hydrogen-bond acceptors (Lipinski definition) is 8. The van der Waals surface area contributed by atoms with E-state index in [2.05, 4.69) is 20.6 Å². The van der Waals surface area contributed by atoms with Crippen LogP contribution < -0.4 is 10.6 Å². The maximum Gasteiger partial charge on any atom is 0.412 e. The molecule has 2 aromatic carbocycles. The molecule has 9 nitrogen and oxygen atoms in total. The number of carbonyl (C=O) groups excluding carboxylic acids is 2. The van der Waals surface area contributed by atoms with Gasteiger partial charge in [-0.05, 0) is 25.1 Å². The van der Waals surface area contributed by atoms with Crippen molar-refractivity contribution in [2.24, 2.45) is 0 Å². The molecule has 0 spiro atoms. The van der Waals surface area contributed by atoms with E-state index in [1.165, 1.54) is 6.92 Å². The molecule has 4 unspecified atom stereocenters. The van der Waals surface area contributed by atoms with Crippen LogP contribution in [0.25, 0.3) is 11.3 Å². The van der Waals surface area contributed by atoms with Gasteiger partial charge in [-0.25, -0.2) is 14.8 Å². The van der Waals surface area contributed by atoms with Crippen molar-refractivity contribution in [1.29, 1.82) is 0 Å². The third-order valence-corrected chi connectivity index (χ3v) is 5.82. The van der Waals surface area contributed by atoms with E-state index in [0.29, 0.717) is 23.8 Å². The number of anilines is 2. The average molecular weight is 460 g/mol. The fourth-order valence-electron chi connectivity index (χ4n) is 4.15. The molecule has 2 aliphatic rings. The number of nitrogens with one attached hydrogen (secondary N) is 2. The molecule has 1 aromatic heterocycles. The third kappa shape index (κ3) is 4.75. The summed E-state index contributed by atoms with van der Waals surface area (Å²) in [5.41, 5.74) is 2.80. The predicted octanol–water partition coefficient (Wildman–Crippen LogP) is 3.54. The molecule has 5 rings (SSSR count). The number of ether oxygens (including phenoxy) is 3. The van der Waals surface area contributed by atoms with Crippen LogP contribution >= 0.6 is 0 Å². The molecule has 34 heavy (non-hydrogen) atoms. The fraction of sp³-hybridized carbons (Fsp3) is 0.280. The lowest BCUT2D eigenvalue weighted by atomic mass is 10.1. The van der Waals surface area contributed by atoms with Gasteiger partial charge in [-0.3, -0.25) is 10.1 Å². The molecule has 2 fully saturated rings. The highest BCUT2D eigenvalue weighted by Gasteiger charge is 2.49. The highest BCUT2D eigenvalue weighted by atomic mass is 16.6. The molecule has 3 heterocycles. The second kappa shape index (κ2) is 9.58. The molecular weight excluding hydrogens is 436 g/mol. The zero-order valence-corrected chi connectivity index (χ0v) is 18.5. The van der Waals surface area contributed by atoms with Crippen molar-refractivity contribution >= 4 is 23.5 Å². The standard InChI is InChI=1S/C25H24N4O5/c1-15(30)17-8-5-9-18(12-17)27-25(31)34-21-14-33-22-20(13-32-23(21)22)29-24-26-11-10-19(28-24)16-6-3-2-4-7-16/h2-12,20-23H,13-14H2,1H3,(H,27,31)(H,26,28,29). The minimum atomic E-state index is -0.631. The minimum Gasteiger partial charge on any atom is -0.441 e. The number of benzene rings is 2. The Kier molecular flexibility index (Phi) is 6.20. The third-order valence-electron chi connectivity index (χ3n) is 5.82. The Bertz CT molecular complexity index is 1190. The van der Waals surface area contributed by atoms with Gasteiger partial charge in [-0.15, -0.1) is 0 Å². The Morgan fingerprint density at radius 3 is 2.65 bits per heavy atom. The van der Waals surface area contributed by atoms with Crippen LogP contribution in [0.1, 0.15) is 17.3 Å². The topological polar surface area (TPSA) is 112 Å². The Morgan fingerprint density at radius 1 is 1.00 bits per heavy atom. The molecule has 2 saturated heterocycles. The van der Waals surface area contributed by atoms with Gasteiger partial charge in [0.15, 0.2) is 11.9 Å². The Balaban J connectivity index is 1.19. The number of nitrogens with zero attached hydrogens (tertiary/aromatic N) is 2. The van der Waals surface area contributed by atoms with Gasteiger partial charge in [0.05, 0.1) is 24.9 Å². The van der Waals surface area contributed by atoms with E-state index >= 15 is 0 Å². The minimum absolute atomic E-state index is 0.0831. The lowest BCUT2D eigenvalue weighted by Crippen LogP contribution is -2.38. The molecule has 0 radical (unpaired) electrons. The summed E-state index contributed by atoms with van der Waals surface area (Å²) in [5, 5.41) is 5.95. The average Bonchev–Trinajstić information content (AvgIpc) is 3.43. The maximum atomic E-state index is 12.4. The number of aromatic nitrogens is 2. The quantitative estimate of drug-likeness (QED) is 0.538. The molecule has 4 atom stereocenters. The SMILES string of the molecule is CC(=O)c1cccc(NC(=O)OC2COC3C(Nc4nccc(-c5ccccc5)n4)COC23)c1. The molecule has 0 aliphatic carbocycles. The van der Waals surface area contributed by atoms with Crippen molar-refractivity contribution in [2.75, 3.05) is 23.8 Å². The van der Waals surface area contributed by atoms with Crippen molar-refractivity contribution in [2.45, 2.75) is 31.3 Å². The number of rotatable bonds is 6. The van der Waals surface area contributed by atoms with Gasteiger partial charge in [0.1, 0.15) is 12.2 Å². The first-order valence-corrected chi connectivity index (χ1v) is 11.0. The Morgan fingerprint density at radius 2 is 1.82 bits per heavy atom. The number of ketones is 1. The molecule has 2 N–H and O–H groups in total. The van der Waals surface area contributed by atoms with E-state index in [1.54, 1.807) is 30.5 Å². The molecule has 1 amide bonds. The molecule has 2 aliphatic heterocycles. The molecule has 0 saturated carbocycles. The van der Waals surface area contributed by atoms with Crippen molar-refractivity contribution in [3.05, 3.63) is 72.4 Å². The van der Waals surface area contributed by atoms with Gasteiger partial charge < -0.3 is 19.5 Å². The van der Waals surface area contributed by atoms with Gasteiger partial charge in [-0.2, -0.15) is 0 Å². The monoisotopic (exact) mass is 460 g/mol. The van der Waals surface area contributed by atoms with Gasteiger partial charge in [0.2, 0.25) is 5.95 Å². The number of amides is 1. The molecule has 3 aromatic rings. The second-order valence-electron chi connectivity index (χ2n) is 8.18. The maximum absolute atomic E-state index is 12.4. The van der Waals surface area contributed by atoms with E-state index < -0.39 is 18.3 Å². The van der Waals surface area contributed by atoms with Crippen LogP contribution in [-0.4, -0.2) is 59.4 Å². The van der Waals surface area contributed by atoms with Crippen molar-refractivity contribution in [3.63, 3.8) is 0 Å². The number of carbonyl (C=O) groups is 2. The van der Waals surface area contributed by atoms with Crippen LogP contribution in [0.4, 0.5) is 16.4 Å². The van der Waals surface area contributed by atoms with Crippen LogP contribution in [0.5, 0.6) is 0 Å². The zero-order valence-electron chi connectivity index (χ0n) is 18.5. The zero-order chi connectivity index (χ0) is 23.5.